The van der Waals surface area contributed by atoms with E-state index in [4.69, 9.17) is 16.7 Å². The molecule has 0 aromatic heterocycles. The zero-order valence-electron chi connectivity index (χ0n) is 11.7. The second-order valence-corrected chi connectivity index (χ2v) is 5.73. The first-order valence-electron chi connectivity index (χ1n) is 6.88. The average molecular weight is 314 g/mol. The van der Waals surface area contributed by atoms with Gasteiger partial charge in [0.2, 0.25) is 0 Å². The number of halogens is 2. The molecule has 114 valence electrons. The summed E-state index contributed by atoms with van der Waals surface area (Å²) in [7, 11) is 0. The number of piperidine rings is 1. The number of carbonyl (C=O) groups excluding carboxylic acids is 1. The third-order valence-corrected chi connectivity index (χ3v) is 4.09. The Morgan fingerprint density at radius 1 is 1.43 bits per heavy atom. The third kappa shape index (κ3) is 3.53. The second kappa shape index (κ2) is 6.43. The normalized spacial score (nSPS) is 18.6. The van der Waals surface area contributed by atoms with E-state index in [2.05, 4.69) is 0 Å². The first-order chi connectivity index (χ1) is 9.90. The van der Waals surface area contributed by atoms with Gasteiger partial charge in [0.1, 0.15) is 5.82 Å². The quantitative estimate of drug-likeness (QED) is 0.932. The van der Waals surface area contributed by atoms with Gasteiger partial charge in [-0.05, 0) is 43.9 Å². The second-order valence-electron chi connectivity index (χ2n) is 5.33. The molecule has 1 heterocycles. The fraction of sp³-hybridized carbons (Fsp3) is 0.467. The molecule has 1 saturated heterocycles. The Labute approximate surface area is 127 Å². The van der Waals surface area contributed by atoms with E-state index >= 15 is 0 Å². The van der Waals surface area contributed by atoms with E-state index in [1.807, 2.05) is 0 Å². The van der Waals surface area contributed by atoms with Crippen molar-refractivity contribution in [3.63, 3.8) is 0 Å². The molecular formula is C15H17ClFNO3. The lowest BCUT2D eigenvalue weighted by Crippen LogP contribution is -2.44. The number of hydrogen-bond donors (Lipinski definition) is 1. The fourth-order valence-electron chi connectivity index (χ4n) is 2.65. The molecule has 1 aliphatic heterocycles. The topological polar surface area (TPSA) is 57.6 Å². The highest BCUT2D eigenvalue weighted by Gasteiger charge is 2.30. The summed E-state index contributed by atoms with van der Waals surface area (Å²) in [5.74, 6) is -1.83. The first kappa shape index (κ1) is 15.8. The largest absolute Gasteiger partial charge is 0.481 e. The molecule has 21 heavy (non-hydrogen) atoms. The maximum Gasteiger partial charge on any atom is 0.305 e. The van der Waals surface area contributed by atoms with Crippen LogP contribution < -0.4 is 0 Å². The number of carboxylic acids is 1. The summed E-state index contributed by atoms with van der Waals surface area (Å²) in [6.45, 7) is 2.05. The molecule has 1 amide bonds. The molecule has 0 bridgehead atoms. The minimum atomic E-state index is -0.944. The first-order valence-corrected chi connectivity index (χ1v) is 7.26. The van der Waals surface area contributed by atoms with Gasteiger partial charge in [-0.15, -0.1) is 0 Å². The van der Waals surface area contributed by atoms with Crippen molar-refractivity contribution in [2.75, 3.05) is 6.54 Å². The highest BCUT2D eigenvalue weighted by atomic mass is 35.5. The van der Waals surface area contributed by atoms with Crippen LogP contribution in [0.3, 0.4) is 0 Å². The Kier molecular flexibility index (Phi) is 4.83. The van der Waals surface area contributed by atoms with Crippen LogP contribution in [0.4, 0.5) is 4.39 Å². The summed E-state index contributed by atoms with van der Waals surface area (Å²) in [6, 6.07) is 2.19. The summed E-state index contributed by atoms with van der Waals surface area (Å²) >= 11 is 6.04. The van der Waals surface area contributed by atoms with Crippen LogP contribution in [-0.4, -0.2) is 34.5 Å². The van der Waals surface area contributed by atoms with E-state index in [1.54, 1.807) is 6.92 Å². The molecule has 1 aromatic carbocycles. The van der Waals surface area contributed by atoms with Crippen LogP contribution in [0.1, 0.15) is 41.6 Å². The van der Waals surface area contributed by atoms with Gasteiger partial charge in [0.15, 0.2) is 0 Å². The van der Waals surface area contributed by atoms with Crippen molar-refractivity contribution < 1.29 is 19.1 Å². The van der Waals surface area contributed by atoms with Gasteiger partial charge in [0, 0.05) is 12.6 Å². The van der Waals surface area contributed by atoms with Crippen molar-refractivity contribution in [1.29, 1.82) is 0 Å². The number of aryl methyl sites for hydroxylation is 1. The molecule has 2 rings (SSSR count). The molecule has 1 atom stereocenters. The highest BCUT2D eigenvalue weighted by molar-refractivity contribution is 6.33. The Morgan fingerprint density at radius 2 is 2.14 bits per heavy atom. The summed E-state index contributed by atoms with van der Waals surface area (Å²) in [5, 5.41) is 9.14. The van der Waals surface area contributed by atoms with E-state index in [9.17, 15) is 14.0 Å². The predicted octanol–water partition coefficient (Wildman–Crippen LogP) is 3.26. The predicted molar refractivity (Wildman–Crippen MR) is 77.1 cm³/mol. The van der Waals surface area contributed by atoms with Gasteiger partial charge in [0.25, 0.3) is 5.91 Å². The van der Waals surface area contributed by atoms with Crippen LogP contribution in [0, 0.1) is 12.7 Å². The Morgan fingerprint density at radius 3 is 2.81 bits per heavy atom. The summed E-state index contributed by atoms with van der Waals surface area (Å²) < 4.78 is 13.7. The number of rotatable bonds is 3. The molecule has 0 spiro atoms. The average Bonchev–Trinajstić information content (AvgIpc) is 2.42. The van der Waals surface area contributed by atoms with Crippen LogP contribution in [0.15, 0.2) is 12.1 Å². The van der Waals surface area contributed by atoms with E-state index in [-0.39, 0.29) is 23.0 Å². The number of benzene rings is 1. The maximum absolute atomic E-state index is 13.7. The van der Waals surface area contributed by atoms with Gasteiger partial charge >= 0.3 is 5.97 Å². The van der Waals surface area contributed by atoms with Crippen molar-refractivity contribution in [2.24, 2.45) is 0 Å². The van der Waals surface area contributed by atoms with Crippen molar-refractivity contribution in [3.05, 3.63) is 34.1 Å². The lowest BCUT2D eigenvalue weighted by Gasteiger charge is -2.35. The molecule has 0 saturated carbocycles. The standard InChI is InChI=1S/C15H17ClFNO3/c1-9-6-12(16)11(8-13(9)17)15(21)18-5-3-2-4-10(18)7-14(19)20/h6,8,10H,2-5,7H2,1H3,(H,19,20). The van der Waals surface area contributed by atoms with Crippen LogP contribution in [-0.2, 0) is 4.79 Å². The highest BCUT2D eigenvalue weighted by Crippen LogP contribution is 2.26. The van der Waals surface area contributed by atoms with E-state index < -0.39 is 17.7 Å². The van der Waals surface area contributed by atoms with Crippen molar-refractivity contribution >= 4 is 23.5 Å². The van der Waals surface area contributed by atoms with Crippen molar-refractivity contribution in [3.8, 4) is 0 Å². The van der Waals surface area contributed by atoms with E-state index in [0.717, 1.165) is 18.9 Å². The van der Waals surface area contributed by atoms with Gasteiger partial charge in [-0.2, -0.15) is 0 Å². The number of carbonyl (C=O) groups is 2. The van der Waals surface area contributed by atoms with Crippen LogP contribution >= 0.6 is 11.6 Å². The number of carboxylic acid groups (broad SMARTS) is 1. The molecular weight excluding hydrogens is 297 g/mol. The zero-order chi connectivity index (χ0) is 15.6. The number of aliphatic carboxylic acids is 1. The lowest BCUT2D eigenvalue weighted by molar-refractivity contribution is -0.138. The van der Waals surface area contributed by atoms with Gasteiger partial charge in [-0.3, -0.25) is 9.59 Å². The smallest absolute Gasteiger partial charge is 0.305 e. The zero-order valence-corrected chi connectivity index (χ0v) is 12.5. The molecule has 1 N–H and O–H groups in total. The van der Waals surface area contributed by atoms with Gasteiger partial charge in [-0.1, -0.05) is 11.6 Å². The number of nitrogens with zero attached hydrogens (tertiary/aromatic N) is 1. The fourth-order valence-corrected chi connectivity index (χ4v) is 2.95. The Balaban J connectivity index is 2.28. The number of likely N-dealkylation sites (tertiary alicyclic amines) is 1. The van der Waals surface area contributed by atoms with Crippen LogP contribution in [0.5, 0.6) is 0 Å². The van der Waals surface area contributed by atoms with E-state index in [1.165, 1.54) is 11.0 Å². The molecule has 1 aromatic rings. The Hall–Kier alpha value is -1.62. The van der Waals surface area contributed by atoms with Crippen LogP contribution in [0.25, 0.3) is 0 Å². The monoisotopic (exact) mass is 313 g/mol. The van der Waals surface area contributed by atoms with Crippen LogP contribution in [0.2, 0.25) is 5.02 Å². The van der Waals surface area contributed by atoms with Crippen molar-refractivity contribution in [2.45, 2.75) is 38.6 Å². The third-order valence-electron chi connectivity index (χ3n) is 3.78. The molecule has 0 radical (unpaired) electrons. The van der Waals surface area contributed by atoms with Crippen molar-refractivity contribution in [1.82, 2.24) is 4.90 Å². The summed E-state index contributed by atoms with van der Waals surface area (Å²) in [4.78, 5) is 25.0. The molecule has 6 heteroatoms. The molecule has 1 fully saturated rings. The Bertz CT molecular complexity index is 576. The number of hydrogen-bond acceptors (Lipinski definition) is 2. The number of amides is 1. The lowest BCUT2D eigenvalue weighted by atomic mass is 9.98. The molecule has 1 aliphatic rings. The van der Waals surface area contributed by atoms with Gasteiger partial charge in [-0.25, -0.2) is 4.39 Å². The van der Waals surface area contributed by atoms with Gasteiger partial charge < -0.3 is 10.0 Å². The maximum atomic E-state index is 13.7. The molecule has 1 unspecified atom stereocenters. The van der Waals surface area contributed by atoms with Gasteiger partial charge in [0.05, 0.1) is 17.0 Å². The minimum absolute atomic E-state index is 0.0945. The SMILES string of the molecule is Cc1cc(Cl)c(C(=O)N2CCCCC2CC(=O)O)cc1F. The molecule has 4 nitrogen and oxygen atoms in total. The minimum Gasteiger partial charge on any atom is -0.481 e. The van der Waals surface area contributed by atoms with E-state index in [0.29, 0.717) is 18.5 Å². The summed E-state index contributed by atoms with van der Waals surface area (Å²) in [6.07, 6.45) is 2.24. The molecule has 0 aliphatic carbocycles. The summed E-state index contributed by atoms with van der Waals surface area (Å²) in [5.41, 5.74) is 0.467.